The number of nitrogens with zero attached hydrogens (tertiary/aromatic N) is 1. The molecule has 0 radical (unpaired) electrons. The molecule has 0 aliphatic carbocycles. The number of aromatic nitrogens is 1. The molecule has 0 atom stereocenters. The SMILES string of the molecule is CCCNc1nc(NC2CCOCC2)c(F)cc1F. The fraction of sp³-hybridized carbons (Fsp3) is 0.615. The molecular weight excluding hydrogens is 252 g/mol. The van der Waals surface area contributed by atoms with Crippen molar-refractivity contribution >= 4 is 11.6 Å². The Morgan fingerprint density at radius 1 is 1.26 bits per heavy atom. The van der Waals surface area contributed by atoms with Gasteiger partial charge in [0, 0.05) is 31.9 Å². The molecule has 4 nitrogen and oxygen atoms in total. The van der Waals surface area contributed by atoms with Crippen LogP contribution in [0, 0.1) is 11.6 Å². The van der Waals surface area contributed by atoms with Gasteiger partial charge in [0.15, 0.2) is 23.3 Å². The van der Waals surface area contributed by atoms with Crippen LogP contribution >= 0.6 is 0 Å². The van der Waals surface area contributed by atoms with Crippen LogP contribution in [0.3, 0.4) is 0 Å². The summed E-state index contributed by atoms with van der Waals surface area (Å²) in [4.78, 5) is 3.99. The molecule has 1 aliphatic heterocycles. The molecule has 2 rings (SSSR count). The van der Waals surface area contributed by atoms with Gasteiger partial charge in [-0.2, -0.15) is 0 Å². The van der Waals surface area contributed by atoms with E-state index in [-0.39, 0.29) is 17.7 Å². The molecule has 106 valence electrons. The van der Waals surface area contributed by atoms with Gasteiger partial charge in [0.1, 0.15) is 0 Å². The highest BCUT2D eigenvalue weighted by molar-refractivity contribution is 5.48. The van der Waals surface area contributed by atoms with Crippen LogP contribution in [0.15, 0.2) is 6.07 Å². The predicted octanol–water partition coefficient (Wildman–Crippen LogP) is 2.77. The van der Waals surface area contributed by atoms with E-state index < -0.39 is 11.6 Å². The van der Waals surface area contributed by atoms with E-state index in [0.29, 0.717) is 19.8 Å². The largest absolute Gasteiger partial charge is 0.381 e. The molecule has 1 aromatic rings. The molecule has 0 bridgehead atoms. The lowest BCUT2D eigenvalue weighted by atomic mass is 10.1. The number of rotatable bonds is 5. The van der Waals surface area contributed by atoms with Crippen molar-refractivity contribution in [3.05, 3.63) is 17.7 Å². The van der Waals surface area contributed by atoms with Gasteiger partial charge in [0.25, 0.3) is 0 Å². The number of ether oxygens (including phenoxy) is 1. The van der Waals surface area contributed by atoms with Crippen LogP contribution in [0.2, 0.25) is 0 Å². The van der Waals surface area contributed by atoms with Crippen LogP contribution in [0.1, 0.15) is 26.2 Å². The first-order valence-corrected chi connectivity index (χ1v) is 6.65. The molecule has 1 saturated heterocycles. The van der Waals surface area contributed by atoms with E-state index >= 15 is 0 Å². The van der Waals surface area contributed by atoms with Crippen molar-refractivity contribution in [2.24, 2.45) is 0 Å². The van der Waals surface area contributed by atoms with E-state index in [9.17, 15) is 8.78 Å². The summed E-state index contributed by atoms with van der Waals surface area (Å²) < 4.78 is 32.4. The number of nitrogens with one attached hydrogen (secondary N) is 2. The molecule has 0 saturated carbocycles. The van der Waals surface area contributed by atoms with Crippen LogP contribution in [0.25, 0.3) is 0 Å². The Morgan fingerprint density at radius 3 is 2.63 bits per heavy atom. The lowest BCUT2D eigenvalue weighted by Crippen LogP contribution is -2.28. The molecule has 1 fully saturated rings. The zero-order valence-electron chi connectivity index (χ0n) is 11.0. The van der Waals surface area contributed by atoms with E-state index in [1.807, 2.05) is 6.92 Å². The highest BCUT2D eigenvalue weighted by atomic mass is 19.1. The Labute approximate surface area is 111 Å². The molecule has 2 heterocycles. The van der Waals surface area contributed by atoms with Crippen molar-refractivity contribution in [1.29, 1.82) is 0 Å². The molecule has 0 amide bonds. The molecule has 19 heavy (non-hydrogen) atoms. The molecule has 2 N–H and O–H groups in total. The van der Waals surface area contributed by atoms with Gasteiger partial charge in [-0.25, -0.2) is 13.8 Å². The van der Waals surface area contributed by atoms with Crippen molar-refractivity contribution in [3.8, 4) is 0 Å². The fourth-order valence-electron chi connectivity index (χ4n) is 1.97. The summed E-state index contributed by atoms with van der Waals surface area (Å²) in [5.74, 6) is -1.13. The summed E-state index contributed by atoms with van der Waals surface area (Å²) in [6, 6.07) is 0.993. The first kappa shape index (κ1) is 14.0. The molecule has 6 heteroatoms. The summed E-state index contributed by atoms with van der Waals surface area (Å²) in [5.41, 5.74) is 0. The lowest BCUT2D eigenvalue weighted by Gasteiger charge is -2.24. The number of hydrogen-bond acceptors (Lipinski definition) is 4. The number of anilines is 2. The van der Waals surface area contributed by atoms with Crippen LogP contribution < -0.4 is 10.6 Å². The standard InChI is InChI=1S/C13H19F2N3O/c1-2-5-16-12-10(14)8-11(15)13(18-12)17-9-3-6-19-7-4-9/h8-9H,2-7H2,1H3,(H2,16,17,18). The van der Waals surface area contributed by atoms with Gasteiger partial charge in [0.05, 0.1) is 0 Å². The molecule has 0 unspecified atom stereocenters. The summed E-state index contributed by atoms with van der Waals surface area (Å²) in [5, 5.41) is 5.87. The first-order valence-electron chi connectivity index (χ1n) is 6.65. The van der Waals surface area contributed by atoms with Crippen LogP contribution in [0.4, 0.5) is 20.4 Å². The predicted molar refractivity (Wildman–Crippen MR) is 70.4 cm³/mol. The average Bonchev–Trinajstić information content (AvgIpc) is 2.42. The minimum absolute atomic E-state index is 0.0952. The van der Waals surface area contributed by atoms with Gasteiger partial charge in [-0.05, 0) is 19.3 Å². The third-order valence-corrected chi connectivity index (χ3v) is 3.03. The zero-order chi connectivity index (χ0) is 13.7. The summed E-state index contributed by atoms with van der Waals surface area (Å²) in [6.07, 6.45) is 2.45. The van der Waals surface area contributed by atoms with Crippen molar-refractivity contribution in [2.75, 3.05) is 30.4 Å². The molecule has 0 aromatic carbocycles. The quantitative estimate of drug-likeness (QED) is 0.864. The number of halogens is 2. The summed E-state index contributed by atoms with van der Waals surface area (Å²) in [7, 11) is 0. The van der Waals surface area contributed by atoms with Gasteiger partial charge in [-0.3, -0.25) is 0 Å². The van der Waals surface area contributed by atoms with Crippen molar-refractivity contribution < 1.29 is 13.5 Å². The van der Waals surface area contributed by atoms with Crippen molar-refractivity contribution in [1.82, 2.24) is 4.98 Å². The smallest absolute Gasteiger partial charge is 0.168 e. The van der Waals surface area contributed by atoms with Crippen molar-refractivity contribution in [2.45, 2.75) is 32.2 Å². The van der Waals surface area contributed by atoms with E-state index in [1.54, 1.807) is 0 Å². The maximum Gasteiger partial charge on any atom is 0.168 e. The topological polar surface area (TPSA) is 46.2 Å². The monoisotopic (exact) mass is 271 g/mol. The zero-order valence-corrected chi connectivity index (χ0v) is 11.0. The summed E-state index contributed by atoms with van der Waals surface area (Å²) in [6.45, 7) is 3.88. The van der Waals surface area contributed by atoms with E-state index in [0.717, 1.165) is 25.3 Å². The van der Waals surface area contributed by atoms with E-state index in [1.165, 1.54) is 0 Å². The third kappa shape index (κ3) is 3.76. The maximum absolute atomic E-state index is 13.7. The first-order chi connectivity index (χ1) is 9.20. The number of pyridine rings is 1. The van der Waals surface area contributed by atoms with Gasteiger partial charge >= 0.3 is 0 Å². The second-order valence-electron chi connectivity index (χ2n) is 4.61. The summed E-state index contributed by atoms with van der Waals surface area (Å²) >= 11 is 0. The van der Waals surface area contributed by atoms with Crippen LogP contribution in [-0.4, -0.2) is 30.8 Å². The highest BCUT2D eigenvalue weighted by Gasteiger charge is 2.18. The minimum Gasteiger partial charge on any atom is -0.381 e. The Morgan fingerprint density at radius 2 is 1.95 bits per heavy atom. The average molecular weight is 271 g/mol. The van der Waals surface area contributed by atoms with Gasteiger partial charge in [0.2, 0.25) is 0 Å². The molecular formula is C13H19F2N3O. The third-order valence-electron chi connectivity index (χ3n) is 3.03. The van der Waals surface area contributed by atoms with Crippen LogP contribution in [-0.2, 0) is 4.74 Å². The fourth-order valence-corrected chi connectivity index (χ4v) is 1.97. The lowest BCUT2D eigenvalue weighted by molar-refractivity contribution is 0.0903. The molecule has 0 spiro atoms. The second kappa shape index (κ2) is 6.65. The molecule has 1 aliphatic rings. The Balaban J connectivity index is 2.09. The van der Waals surface area contributed by atoms with Gasteiger partial charge in [-0.15, -0.1) is 0 Å². The van der Waals surface area contributed by atoms with Crippen molar-refractivity contribution in [3.63, 3.8) is 0 Å². The Hall–Kier alpha value is -1.43. The number of hydrogen-bond donors (Lipinski definition) is 2. The van der Waals surface area contributed by atoms with E-state index in [4.69, 9.17) is 4.74 Å². The Bertz CT molecular complexity index is 423. The maximum atomic E-state index is 13.7. The normalized spacial score (nSPS) is 16.4. The van der Waals surface area contributed by atoms with E-state index in [2.05, 4.69) is 15.6 Å². The molecule has 1 aromatic heterocycles. The van der Waals surface area contributed by atoms with Gasteiger partial charge < -0.3 is 15.4 Å². The van der Waals surface area contributed by atoms with Gasteiger partial charge in [-0.1, -0.05) is 6.92 Å². The minimum atomic E-state index is -0.663. The Kier molecular flexibility index (Phi) is 4.90. The highest BCUT2D eigenvalue weighted by Crippen LogP contribution is 2.21. The second-order valence-corrected chi connectivity index (χ2v) is 4.61. The van der Waals surface area contributed by atoms with Crippen LogP contribution in [0.5, 0.6) is 0 Å².